The number of anilines is 3. The number of rotatable bonds is 4. The second-order valence-electron chi connectivity index (χ2n) is 6.10. The van der Waals surface area contributed by atoms with Crippen LogP contribution in [0.1, 0.15) is 13.8 Å². The lowest BCUT2D eigenvalue weighted by atomic mass is 10.2. The first kappa shape index (κ1) is 14.5. The topological polar surface area (TPSA) is 83.4 Å². The summed E-state index contributed by atoms with van der Waals surface area (Å²) in [6.45, 7) is 4.17. The van der Waals surface area contributed by atoms with Crippen molar-refractivity contribution in [2.45, 2.75) is 19.9 Å². The van der Waals surface area contributed by atoms with Crippen molar-refractivity contribution in [3.63, 3.8) is 0 Å². The summed E-state index contributed by atoms with van der Waals surface area (Å²) in [6.07, 6.45) is 3.72. The first-order valence-corrected chi connectivity index (χ1v) is 7.90. The van der Waals surface area contributed by atoms with Gasteiger partial charge in [0.05, 0.1) is 17.1 Å². The van der Waals surface area contributed by atoms with Gasteiger partial charge in [-0.3, -0.25) is 4.68 Å². The maximum atomic E-state index is 4.62. The molecule has 4 aromatic rings. The lowest BCUT2D eigenvalue weighted by molar-refractivity contribution is 0.797. The van der Waals surface area contributed by atoms with Gasteiger partial charge in [0.25, 0.3) is 0 Å². The highest BCUT2D eigenvalue weighted by molar-refractivity contribution is 5.89. The molecule has 24 heavy (non-hydrogen) atoms. The monoisotopic (exact) mass is 321 g/mol. The Balaban J connectivity index is 1.73. The molecule has 7 heteroatoms. The van der Waals surface area contributed by atoms with E-state index in [1.165, 1.54) is 0 Å². The quantitative estimate of drug-likeness (QED) is 0.536. The lowest BCUT2D eigenvalue weighted by Crippen LogP contribution is -2.12. The molecule has 3 aromatic heterocycles. The summed E-state index contributed by atoms with van der Waals surface area (Å²) in [5, 5.41) is 13.0. The maximum absolute atomic E-state index is 4.62. The zero-order valence-electron chi connectivity index (χ0n) is 13.8. The number of nitrogens with zero attached hydrogens (tertiary/aromatic N) is 4. The van der Waals surface area contributed by atoms with Gasteiger partial charge in [0.1, 0.15) is 11.5 Å². The van der Waals surface area contributed by atoms with Gasteiger partial charge in [-0.15, -0.1) is 0 Å². The van der Waals surface area contributed by atoms with Crippen molar-refractivity contribution in [2.24, 2.45) is 7.05 Å². The predicted molar refractivity (Wildman–Crippen MR) is 96.6 cm³/mol. The highest BCUT2D eigenvalue weighted by Crippen LogP contribution is 2.25. The number of fused-ring (bicyclic) bond motifs is 2. The van der Waals surface area contributed by atoms with Gasteiger partial charge in [0, 0.05) is 30.4 Å². The zero-order chi connectivity index (χ0) is 16.7. The van der Waals surface area contributed by atoms with Crippen LogP contribution in [0.4, 0.5) is 17.5 Å². The minimum Gasteiger partial charge on any atom is -0.367 e. The van der Waals surface area contributed by atoms with Crippen LogP contribution in [0.2, 0.25) is 0 Å². The molecule has 0 spiro atoms. The van der Waals surface area contributed by atoms with Gasteiger partial charge in [-0.2, -0.15) is 15.1 Å². The van der Waals surface area contributed by atoms with Crippen molar-refractivity contribution >= 4 is 39.4 Å². The summed E-state index contributed by atoms with van der Waals surface area (Å²) >= 11 is 0. The Kier molecular flexibility index (Phi) is 3.34. The Morgan fingerprint density at radius 1 is 1.17 bits per heavy atom. The molecule has 0 atom stereocenters. The molecule has 122 valence electrons. The third-order valence-corrected chi connectivity index (χ3v) is 3.85. The van der Waals surface area contributed by atoms with Crippen molar-refractivity contribution in [1.29, 1.82) is 0 Å². The number of hydrogen-bond donors (Lipinski definition) is 3. The number of benzene rings is 1. The smallest absolute Gasteiger partial charge is 0.231 e. The number of aryl methyl sites for hydroxylation is 1. The second-order valence-corrected chi connectivity index (χ2v) is 6.10. The highest BCUT2D eigenvalue weighted by atomic mass is 15.2. The number of aromatic nitrogens is 5. The molecule has 0 aliphatic rings. The molecule has 0 saturated carbocycles. The fraction of sp³-hybridized carbons (Fsp3) is 0.235. The van der Waals surface area contributed by atoms with Gasteiger partial charge in [0.15, 0.2) is 0 Å². The van der Waals surface area contributed by atoms with Crippen LogP contribution >= 0.6 is 0 Å². The van der Waals surface area contributed by atoms with Crippen LogP contribution in [-0.2, 0) is 7.05 Å². The molecular formula is C17H19N7. The van der Waals surface area contributed by atoms with Crippen LogP contribution in [-0.4, -0.2) is 30.8 Å². The average Bonchev–Trinajstić information content (AvgIpc) is 3.14. The summed E-state index contributed by atoms with van der Waals surface area (Å²) in [4.78, 5) is 12.3. The minimum absolute atomic E-state index is 0.289. The molecule has 3 N–H and O–H groups in total. The fourth-order valence-corrected chi connectivity index (χ4v) is 2.73. The molecule has 0 amide bonds. The van der Waals surface area contributed by atoms with E-state index in [0.29, 0.717) is 5.95 Å². The van der Waals surface area contributed by atoms with E-state index in [1.54, 1.807) is 0 Å². The molecule has 3 heterocycles. The number of nitrogens with one attached hydrogen (secondary N) is 3. The van der Waals surface area contributed by atoms with Gasteiger partial charge < -0.3 is 15.6 Å². The molecule has 0 radical (unpaired) electrons. The van der Waals surface area contributed by atoms with Gasteiger partial charge >= 0.3 is 0 Å². The van der Waals surface area contributed by atoms with Crippen LogP contribution in [0.25, 0.3) is 21.9 Å². The summed E-state index contributed by atoms with van der Waals surface area (Å²) in [7, 11) is 1.93. The normalized spacial score (nSPS) is 11.5. The lowest BCUT2D eigenvalue weighted by Gasteiger charge is -2.12. The Hall–Kier alpha value is -3.09. The van der Waals surface area contributed by atoms with Crippen LogP contribution in [0, 0.1) is 0 Å². The zero-order valence-corrected chi connectivity index (χ0v) is 13.8. The van der Waals surface area contributed by atoms with Crippen LogP contribution in [0.5, 0.6) is 0 Å². The predicted octanol–water partition coefficient (Wildman–Crippen LogP) is 3.41. The number of hydrogen-bond acceptors (Lipinski definition) is 5. The molecule has 1 aromatic carbocycles. The van der Waals surface area contributed by atoms with E-state index in [9.17, 15) is 0 Å². The van der Waals surface area contributed by atoms with E-state index in [-0.39, 0.29) is 6.04 Å². The fourth-order valence-electron chi connectivity index (χ4n) is 2.73. The van der Waals surface area contributed by atoms with Gasteiger partial charge in [-0.25, -0.2) is 0 Å². The Morgan fingerprint density at radius 3 is 2.88 bits per heavy atom. The summed E-state index contributed by atoms with van der Waals surface area (Å²) in [5.41, 5.74) is 2.78. The van der Waals surface area contributed by atoms with Crippen molar-refractivity contribution in [1.82, 2.24) is 24.7 Å². The van der Waals surface area contributed by atoms with E-state index in [1.807, 2.05) is 48.4 Å². The molecule has 4 rings (SSSR count). The Labute approximate surface area is 139 Å². The van der Waals surface area contributed by atoms with Gasteiger partial charge in [0.2, 0.25) is 5.95 Å². The third-order valence-electron chi connectivity index (χ3n) is 3.85. The minimum atomic E-state index is 0.289. The summed E-state index contributed by atoms with van der Waals surface area (Å²) < 4.78 is 1.85. The molecule has 0 unspecified atom stereocenters. The number of aromatic amines is 1. The van der Waals surface area contributed by atoms with Gasteiger partial charge in [-0.05, 0) is 38.1 Å². The van der Waals surface area contributed by atoms with E-state index < -0.39 is 0 Å². The first-order valence-electron chi connectivity index (χ1n) is 7.90. The molecule has 0 fully saturated rings. The van der Waals surface area contributed by atoms with Crippen molar-refractivity contribution in [2.75, 3.05) is 10.6 Å². The van der Waals surface area contributed by atoms with E-state index in [0.717, 1.165) is 33.4 Å². The van der Waals surface area contributed by atoms with E-state index in [4.69, 9.17) is 0 Å². The van der Waals surface area contributed by atoms with E-state index >= 15 is 0 Å². The molecule has 7 nitrogen and oxygen atoms in total. The second kappa shape index (κ2) is 5.52. The molecule has 0 aliphatic carbocycles. The highest BCUT2D eigenvalue weighted by Gasteiger charge is 2.10. The van der Waals surface area contributed by atoms with Crippen LogP contribution in [0.15, 0.2) is 36.7 Å². The third kappa shape index (κ3) is 2.54. The van der Waals surface area contributed by atoms with Crippen molar-refractivity contribution in [3.8, 4) is 0 Å². The summed E-state index contributed by atoms with van der Waals surface area (Å²) in [6, 6.07) is 8.34. The molecule has 0 bridgehead atoms. The molecular weight excluding hydrogens is 302 g/mol. The standard InChI is InChI=1S/C17H19N7/c1-10(2)20-16-13-6-7-18-15(13)22-17(23-16)21-12-5-4-11-9-19-24(3)14(11)8-12/h4-10H,1-3H3,(H3,18,20,21,22,23). The maximum Gasteiger partial charge on any atom is 0.231 e. The van der Waals surface area contributed by atoms with Crippen molar-refractivity contribution in [3.05, 3.63) is 36.7 Å². The molecule has 0 saturated heterocycles. The number of H-pyrrole nitrogens is 1. The average molecular weight is 321 g/mol. The summed E-state index contributed by atoms with van der Waals surface area (Å²) in [5.74, 6) is 1.37. The largest absolute Gasteiger partial charge is 0.367 e. The van der Waals surface area contributed by atoms with Gasteiger partial charge in [-0.1, -0.05) is 0 Å². The van der Waals surface area contributed by atoms with Crippen LogP contribution < -0.4 is 10.6 Å². The Morgan fingerprint density at radius 2 is 2.04 bits per heavy atom. The Bertz CT molecular complexity index is 1010. The SMILES string of the molecule is CC(C)Nc1nc(Nc2ccc3cnn(C)c3c2)nc2[nH]ccc12. The van der Waals surface area contributed by atoms with E-state index in [2.05, 4.69) is 44.5 Å². The van der Waals surface area contributed by atoms with Crippen molar-refractivity contribution < 1.29 is 0 Å². The first-order chi connectivity index (χ1) is 11.6. The van der Waals surface area contributed by atoms with Crippen LogP contribution in [0.3, 0.4) is 0 Å². The molecule has 0 aliphatic heterocycles.